The van der Waals surface area contributed by atoms with E-state index < -0.39 is 0 Å². The number of nitrogens with zero attached hydrogens (tertiary/aromatic N) is 4. The summed E-state index contributed by atoms with van der Waals surface area (Å²) in [4.78, 5) is 16.4. The zero-order valence-electron chi connectivity index (χ0n) is 11.2. The Labute approximate surface area is 115 Å². The molecule has 5 heteroatoms. The predicted octanol–water partition coefficient (Wildman–Crippen LogP) is 2.20. The molecule has 3 heterocycles. The first-order chi connectivity index (χ1) is 9.72. The molecule has 1 aliphatic rings. The van der Waals surface area contributed by atoms with Gasteiger partial charge in [-0.1, -0.05) is 0 Å². The molecule has 1 fully saturated rings. The normalized spacial score (nSPS) is 14.8. The summed E-state index contributed by atoms with van der Waals surface area (Å²) < 4.78 is 3.61. The standard InChI is InChI=1S/C15H14N4O/c1-10-6-16-14-5-2-11(8-18(14)15(10)20)12-7-17-19(9-12)13-3-4-13/h2,5-9,13H,3-4H2,1H3. The van der Waals surface area contributed by atoms with Crippen LogP contribution in [-0.2, 0) is 0 Å². The monoisotopic (exact) mass is 266 g/mol. The zero-order valence-corrected chi connectivity index (χ0v) is 11.2. The van der Waals surface area contributed by atoms with E-state index in [-0.39, 0.29) is 5.56 Å². The molecule has 20 heavy (non-hydrogen) atoms. The molecule has 0 N–H and O–H groups in total. The highest BCUT2D eigenvalue weighted by atomic mass is 16.1. The van der Waals surface area contributed by atoms with E-state index in [1.54, 1.807) is 17.5 Å². The van der Waals surface area contributed by atoms with Gasteiger partial charge in [-0.2, -0.15) is 5.10 Å². The maximum absolute atomic E-state index is 12.1. The number of aryl methyl sites for hydroxylation is 1. The Morgan fingerprint density at radius 3 is 2.80 bits per heavy atom. The van der Waals surface area contributed by atoms with Gasteiger partial charge < -0.3 is 0 Å². The van der Waals surface area contributed by atoms with Crippen molar-refractivity contribution in [3.63, 3.8) is 0 Å². The summed E-state index contributed by atoms with van der Waals surface area (Å²) in [6, 6.07) is 4.41. The van der Waals surface area contributed by atoms with E-state index >= 15 is 0 Å². The van der Waals surface area contributed by atoms with Gasteiger partial charge in [0.05, 0.1) is 12.2 Å². The lowest BCUT2D eigenvalue weighted by molar-refractivity contribution is 0.642. The van der Waals surface area contributed by atoms with Crippen molar-refractivity contribution in [2.75, 3.05) is 0 Å². The SMILES string of the molecule is Cc1cnc2ccc(-c3cnn(C4CC4)c3)cn2c1=O. The van der Waals surface area contributed by atoms with Crippen molar-refractivity contribution in [1.29, 1.82) is 0 Å². The van der Waals surface area contributed by atoms with Crippen molar-refractivity contribution < 1.29 is 0 Å². The Bertz CT molecular complexity index is 858. The molecule has 0 radical (unpaired) electrons. The summed E-state index contributed by atoms with van der Waals surface area (Å²) in [7, 11) is 0. The van der Waals surface area contributed by atoms with Crippen LogP contribution in [0, 0.1) is 6.92 Å². The number of aromatic nitrogens is 4. The molecule has 100 valence electrons. The lowest BCUT2D eigenvalue weighted by Gasteiger charge is -2.03. The summed E-state index contributed by atoms with van der Waals surface area (Å²) in [5.74, 6) is 0. The van der Waals surface area contributed by atoms with Crippen LogP contribution in [0.25, 0.3) is 16.8 Å². The van der Waals surface area contributed by atoms with Crippen molar-refractivity contribution >= 4 is 5.65 Å². The molecule has 0 aliphatic heterocycles. The van der Waals surface area contributed by atoms with E-state index in [0.29, 0.717) is 17.3 Å². The van der Waals surface area contributed by atoms with E-state index in [2.05, 4.69) is 10.1 Å². The minimum atomic E-state index is -0.0218. The van der Waals surface area contributed by atoms with Crippen LogP contribution in [0.5, 0.6) is 0 Å². The summed E-state index contributed by atoms with van der Waals surface area (Å²) >= 11 is 0. The second-order valence-electron chi connectivity index (χ2n) is 5.33. The Balaban J connectivity index is 1.86. The Morgan fingerprint density at radius 2 is 2.00 bits per heavy atom. The molecule has 0 amide bonds. The van der Waals surface area contributed by atoms with Gasteiger partial charge in [-0.05, 0) is 31.9 Å². The maximum Gasteiger partial charge on any atom is 0.260 e. The minimum Gasteiger partial charge on any atom is -0.269 e. The summed E-state index contributed by atoms with van der Waals surface area (Å²) in [5.41, 5.74) is 3.31. The van der Waals surface area contributed by atoms with Gasteiger partial charge >= 0.3 is 0 Å². The van der Waals surface area contributed by atoms with E-state index in [1.807, 2.05) is 35.4 Å². The molecule has 0 unspecified atom stereocenters. The van der Waals surface area contributed by atoms with Crippen LogP contribution in [0.1, 0.15) is 24.4 Å². The van der Waals surface area contributed by atoms with Crippen LogP contribution in [0.3, 0.4) is 0 Å². The van der Waals surface area contributed by atoms with E-state index in [4.69, 9.17) is 0 Å². The van der Waals surface area contributed by atoms with Gasteiger partial charge in [0.25, 0.3) is 5.56 Å². The molecule has 0 atom stereocenters. The van der Waals surface area contributed by atoms with E-state index in [1.165, 1.54) is 12.8 Å². The van der Waals surface area contributed by atoms with Crippen molar-refractivity contribution in [2.45, 2.75) is 25.8 Å². The van der Waals surface area contributed by atoms with Gasteiger partial charge in [-0.15, -0.1) is 0 Å². The van der Waals surface area contributed by atoms with E-state index in [0.717, 1.165) is 11.1 Å². The lowest BCUT2D eigenvalue weighted by Crippen LogP contribution is -2.16. The third kappa shape index (κ3) is 1.74. The van der Waals surface area contributed by atoms with Crippen molar-refractivity contribution in [1.82, 2.24) is 19.2 Å². The second-order valence-corrected chi connectivity index (χ2v) is 5.33. The molecule has 0 saturated heterocycles. The largest absolute Gasteiger partial charge is 0.269 e. The van der Waals surface area contributed by atoms with Gasteiger partial charge in [-0.25, -0.2) is 4.98 Å². The first-order valence-corrected chi connectivity index (χ1v) is 6.75. The summed E-state index contributed by atoms with van der Waals surface area (Å²) in [6.07, 6.45) is 9.78. The smallest absolute Gasteiger partial charge is 0.260 e. The highest BCUT2D eigenvalue weighted by Crippen LogP contribution is 2.35. The molecule has 1 saturated carbocycles. The fourth-order valence-corrected chi connectivity index (χ4v) is 2.37. The third-order valence-corrected chi connectivity index (χ3v) is 3.73. The summed E-state index contributed by atoms with van der Waals surface area (Å²) in [6.45, 7) is 1.78. The summed E-state index contributed by atoms with van der Waals surface area (Å²) in [5, 5.41) is 4.39. The average molecular weight is 266 g/mol. The minimum absolute atomic E-state index is 0.0218. The molecule has 1 aliphatic carbocycles. The van der Waals surface area contributed by atoms with Crippen molar-refractivity contribution in [3.05, 3.63) is 52.8 Å². The van der Waals surface area contributed by atoms with Gasteiger partial charge in [-0.3, -0.25) is 13.9 Å². The first-order valence-electron chi connectivity index (χ1n) is 6.75. The Hall–Kier alpha value is -2.43. The number of pyridine rings is 1. The molecule has 3 aromatic heterocycles. The van der Waals surface area contributed by atoms with Gasteiger partial charge in [0.2, 0.25) is 0 Å². The maximum atomic E-state index is 12.1. The number of hydrogen-bond acceptors (Lipinski definition) is 3. The predicted molar refractivity (Wildman–Crippen MR) is 75.7 cm³/mol. The molecule has 0 spiro atoms. The van der Waals surface area contributed by atoms with Crippen LogP contribution in [0.15, 0.2) is 41.7 Å². The van der Waals surface area contributed by atoms with Crippen LogP contribution in [0.2, 0.25) is 0 Å². The van der Waals surface area contributed by atoms with Gasteiger partial charge in [0.15, 0.2) is 0 Å². The fourth-order valence-electron chi connectivity index (χ4n) is 2.37. The van der Waals surface area contributed by atoms with Crippen LogP contribution < -0.4 is 5.56 Å². The van der Waals surface area contributed by atoms with Crippen molar-refractivity contribution in [3.8, 4) is 11.1 Å². The third-order valence-electron chi connectivity index (χ3n) is 3.73. The van der Waals surface area contributed by atoms with Gasteiger partial charge in [0, 0.05) is 35.3 Å². The fraction of sp³-hybridized carbons (Fsp3) is 0.267. The molecule has 0 aromatic carbocycles. The van der Waals surface area contributed by atoms with E-state index in [9.17, 15) is 4.79 Å². The van der Waals surface area contributed by atoms with Crippen molar-refractivity contribution in [2.24, 2.45) is 0 Å². The topological polar surface area (TPSA) is 52.2 Å². The lowest BCUT2D eigenvalue weighted by atomic mass is 10.1. The molecule has 3 aromatic rings. The first kappa shape index (κ1) is 11.4. The zero-order chi connectivity index (χ0) is 13.7. The average Bonchev–Trinajstić information content (AvgIpc) is 3.20. The molecular formula is C15H14N4O. The van der Waals surface area contributed by atoms with Gasteiger partial charge in [0.1, 0.15) is 5.65 Å². The number of hydrogen-bond donors (Lipinski definition) is 0. The molecule has 5 nitrogen and oxygen atoms in total. The molecule has 4 rings (SSSR count). The van der Waals surface area contributed by atoms with Crippen LogP contribution >= 0.6 is 0 Å². The Morgan fingerprint density at radius 1 is 1.15 bits per heavy atom. The highest BCUT2D eigenvalue weighted by molar-refractivity contribution is 5.63. The quantitative estimate of drug-likeness (QED) is 0.714. The van der Waals surface area contributed by atoms with Crippen LogP contribution in [-0.4, -0.2) is 19.2 Å². The number of rotatable bonds is 2. The molecule has 0 bridgehead atoms. The highest BCUT2D eigenvalue weighted by Gasteiger charge is 2.24. The molecular weight excluding hydrogens is 252 g/mol. The number of fused-ring (bicyclic) bond motifs is 1. The Kier molecular flexibility index (Phi) is 2.30. The second kappa shape index (κ2) is 4.03. The van der Waals surface area contributed by atoms with Crippen LogP contribution in [0.4, 0.5) is 0 Å².